The van der Waals surface area contributed by atoms with Gasteiger partial charge in [-0.3, -0.25) is 4.79 Å². The maximum absolute atomic E-state index is 13.4. The van der Waals surface area contributed by atoms with Crippen LogP contribution in [0.1, 0.15) is 27.0 Å². The van der Waals surface area contributed by atoms with E-state index in [1.807, 2.05) is 19.1 Å². The van der Waals surface area contributed by atoms with Crippen molar-refractivity contribution in [2.24, 2.45) is 0 Å². The van der Waals surface area contributed by atoms with E-state index in [9.17, 15) is 13.6 Å². The fourth-order valence-corrected chi connectivity index (χ4v) is 2.64. The zero-order chi connectivity index (χ0) is 13.1. The topological polar surface area (TPSA) is 17.1 Å². The average Bonchev–Trinajstić information content (AvgIpc) is 2.80. The van der Waals surface area contributed by atoms with Crippen LogP contribution in [-0.2, 0) is 12.8 Å². The van der Waals surface area contributed by atoms with Gasteiger partial charge < -0.3 is 0 Å². The van der Waals surface area contributed by atoms with Gasteiger partial charge in [0.05, 0.1) is 5.56 Å². The largest absolute Gasteiger partial charge is 0.294 e. The Morgan fingerprint density at radius 2 is 1.89 bits per heavy atom. The Morgan fingerprint density at radius 1 is 1.17 bits per heavy atom. The SMILES string of the molecule is CCc1ccc(CC(=O)c2cccc(F)c2F)s1. The highest BCUT2D eigenvalue weighted by molar-refractivity contribution is 7.12. The minimum Gasteiger partial charge on any atom is -0.294 e. The van der Waals surface area contributed by atoms with Crippen molar-refractivity contribution < 1.29 is 13.6 Å². The van der Waals surface area contributed by atoms with Gasteiger partial charge in [0, 0.05) is 16.2 Å². The smallest absolute Gasteiger partial charge is 0.171 e. The Balaban J connectivity index is 2.19. The highest BCUT2D eigenvalue weighted by atomic mass is 32.1. The summed E-state index contributed by atoms with van der Waals surface area (Å²) in [6.45, 7) is 2.03. The summed E-state index contributed by atoms with van der Waals surface area (Å²) in [5.41, 5.74) is -0.179. The van der Waals surface area contributed by atoms with Gasteiger partial charge in [0.15, 0.2) is 17.4 Å². The molecule has 0 spiro atoms. The van der Waals surface area contributed by atoms with E-state index in [0.717, 1.165) is 17.4 Å². The molecule has 0 atom stereocenters. The maximum atomic E-state index is 13.4. The summed E-state index contributed by atoms with van der Waals surface area (Å²) < 4.78 is 26.4. The number of hydrogen-bond donors (Lipinski definition) is 0. The molecule has 0 saturated carbocycles. The third-order valence-corrected chi connectivity index (χ3v) is 3.88. The summed E-state index contributed by atoms with van der Waals surface area (Å²) >= 11 is 1.53. The van der Waals surface area contributed by atoms with E-state index in [4.69, 9.17) is 0 Å². The molecule has 1 nitrogen and oxygen atoms in total. The molecule has 94 valence electrons. The standard InChI is InChI=1S/C14H12F2OS/c1-2-9-6-7-10(18-9)8-13(17)11-4-3-5-12(15)14(11)16/h3-7H,2,8H2,1H3. The lowest BCUT2D eigenvalue weighted by Gasteiger charge is -2.01. The molecule has 0 fully saturated rings. The van der Waals surface area contributed by atoms with Crippen LogP contribution in [0.15, 0.2) is 30.3 Å². The van der Waals surface area contributed by atoms with Crippen LogP contribution in [-0.4, -0.2) is 5.78 Å². The van der Waals surface area contributed by atoms with Crippen molar-refractivity contribution in [1.82, 2.24) is 0 Å². The van der Waals surface area contributed by atoms with Crippen molar-refractivity contribution in [3.05, 3.63) is 57.3 Å². The minimum absolute atomic E-state index is 0.116. The Kier molecular flexibility index (Phi) is 3.87. The molecule has 0 aliphatic heterocycles. The van der Waals surface area contributed by atoms with Crippen molar-refractivity contribution >= 4 is 17.1 Å². The molecule has 0 bridgehead atoms. The number of halogens is 2. The summed E-state index contributed by atoms with van der Waals surface area (Å²) in [5.74, 6) is -2.44. The predicted molar refractivity (Wildman–Crippen MR) is 68.1 cm³/mol. The van der Waals surface area contributed by atoms with Crippen molar-refractivity contribution in [2.45, 2.75) is 19.8 Å². The van der Waals surface area contributed by atoms with Crippen LogP contribution in [0.3, 0.4) is 0 Å². The quantitative estimate of drug-likeness (QED) is 0.764. The molecule has 0 unspecified atom stereocenters. The number of carbonyl (C=O) groups is 1. The summed E-state index contributed by atoms with van der Waals surface area (Å²) in [6, 6.07) is 7.48. The lowest BCUT2D eigenvalue weighted by atomic mass is 10.1. The molecule has 0 aliphatic carbocycles. The number of carbonyl (C=O) groups excluding carboxylic acids is 1. The molecule has 1 heterocycles. The van der Waals surface area contributed by atoms with Crippen LogP contribution >= 0.6 is 11.3 Å². The lowest BCUT2D eigenvalue weighted by molar-refractivity contribution is 0.0989. The lowest BCUT2D eigenvalue weighted by Crippen LogP contribution is -2.06. The highest BCUT2D eigenvalue weighted by Gasteiger charge is 2.16. The van der Waals surface area contributed by atoms with Gasteiger partial charge in [0.1, 0.15) is 0 Å². The molecule has 0 aliphatic rings. The Morgan fingerprint density at radius 3 is 2.56 bits per heavy atom. The van der Waals surface area contributed by atoms with E-state index in [2.05, 4.69) is 0 Å². The van der Waals surface area contributed by atoms with Crippen molar-refractivity contribution in [2.75, 3.05) is 0 Å². The second kappa shape index (κ2) is 5.40. The zero-order valence-corrected chi connectivity index (χ0v) is 10.7. The number of ketones is 1. The minimum atomic E-state index is -1.06. The fraction of sp³-hybridized carbons (Fsp3) is 0.214. The Hall–Kier alpha value is -1.55. The molecule has 0 amide bonds. The highest BCUT2D eigenvalue weighted by Crippen LogP contribution is 2.20. The number of benzene rings is 1. The maximum Gasteiger partial charge on any atom is 0.171 e. The predicted octanol–water partition coefficient (Wildman–Crippen LogP) is 4.01. The number of rotatable bonds is 4. The Bertz CT molecular complexity index is 575. The first kappa shape index (κ1) is 12.9. The van der Waals surface area contributed by atoms with Gasteiger partial charge in [0.25, 0.3) is 0 Å². The summed E-state index contributed by atoms with van der Waals surface area (Å²) in [4.78, 5) is 13.9. The normalized spacial score (nSPS) is 10.6. The first-order valence-corrected chi connectivity index (χ1v) is 6.48. The van der Waals surface area contributed by atoms with Gasteiger partial charge in [-0.05, 0) is 30.7 Å². The van der Waals surface area contributed by atoms with Gasteiger partial charge in [-0.25, -0.2) is 8.78 Å². The van der Waals surface area contributed by atoms with E-state index in [1.54, 1.807) is 0 Å². The molecular weight excluding hydrogens is 254 g/mol. The summed E-state index contributed by atoms with van der Waals surface area (Å²) in [7, 11) is 0. The summed E-state index contributed by atoms with van der Waals surface area (Å²) in [6.07, 6.45) is 1.03. The number of aryl methyl sites for hydroxylation is 1. The molecule has 0 saturated heterocycles. The van der Waals surface area contributed by atoms with E-state index >= 15 is 0 Å². The number of hydrogen-bond acceptors (Lipinski definition) is 2. The second-order valence-corrected chi connectivity index (χ2v) is 5.18. The van der Waals surface area contributed by atoms with E-state index < -0.39 is 17.4 Å². The second-order valence-electron chi connectivity index (χ2n) is 3.92. The summed E-state index contributed by atoms with van der Waals surface area (Å²) in [5, 5.41) is 0. The van der Waals surface area contributed by atoms with Gasteiger partial charge in [-0.15, -0.1) is 11.3 Å². The van der Waals surface area contributed by atoms with Crippen LogP contribution in [0, 0.1) is 11.6 Å². The third-order valence-electron chi connectivity index (χ3n) is 2.65. The van der Waals surface area contributed by atoms with Crippen LogP contribution in [0.2, 0.25) is 0 Å². The molecule has 18 heavy (non-hydrogen) atoms. The average molecular weight is 266 g/mol. The number of Topliss-reactive ketones (excluding diaryl/α,β-unsaturated/α-hetero) is 1. The van der Waals surface area contributed by atoms with E-state index in [0.29, 0.717) is 0 Å². The van der Waals surface area contributed by atoms with Crippen molar-refractivity contribution in [3.63, 3.8) is 0 Å². The van der Waals surface area contributed by atoms with Crippen molar-refractivity contribution in [1.29, 1.82) is 0 Å². The number of thiophene rings is 1. The molecule has 0 radical (unpaired) electrons. The van der Waals surface area contributed by atoms with Crippen LogP contribution in [0.5, 0.6) is 0 Å². The molecular formula is C14H12F2OS. The third kappa shape index (κ3) is 2.64. The molecule has 2 rings (SSSR count). The monoisotopic (exact) mass is 266 g/mol. The van der Waals surface area contributed by atoms with Gasteiger partial charge in [-0.1, -0.05) is 13.0 Å². The Labute approximate surface area is 108 Å². The molecule has 0 N–H and O–H groups in total. The van der Waals surface area contributed by atoms with Crippen LogP contribution < -0.4 is 0 Å². The van der Waals surface area contributed by atoms with Gasteiger partial charge in [-0.2, -0.15) is 0 Å². The first-order chi connectivity index (χ1) is 8.61. The molecule has 4 heteroatoms. The fourth-order valence-electron chi connectivity index (χ4n) is 1.68. The molecule has 1 aromatic carbocycles. The van der Waals surface area contributed by atoms with E-state index in [1.165, 1.54) is 28.3 Å². The zero-order valence-electron chi connectivity index (χ0n) is 9.87. The molecule has 2 aromatic rings. The molecule has 1 aromatic heterocycles. The van der Waals surface area contributed by atoms with Gasteiger partial charge >= 0.3 is 0 Å². The van der Waals surface area contributed by atoms with E-state index in [-0.39, 0.29) is 12.0 Å². The van der Waals surface area contributed by atoms with Gasteiger partial charge in [0.2, 0.25) is 0 Å². The van der Waals surface area contributed by atoms with Crippen molar-refractivity contribution in [3.8, 4) is 0 Å². The van der Waals surface area contributed by atoms with Crippen LogP contribution in [0.25, 0.3) is 0 Å². The van der Waals surface area contributed by atoms with Crippen LogP contribution in [0.4, 0.5) is 8.78 Å². The first-order valence-electron chi connectivity index (χ1n) is 5.66.